The van der Waals surface area contributed by atoms with Gasteiger partial charge in [0, 0.05) is 12.1 Å². The summed E-state index contributed by atoms with van der Waals surface area (Å²) in [7, 11) is 0. The quantitative estimate of drug-likeness (QED) is 0.270. The Labute approximate surface area is 219 Å². The first-order chi connectivity index (χ1) is 17.7. The number of carboxylic acids is 1. The van der Waals surface area contributed by atoms with Crippen LogP contribution in [-0.4, -0.2) is 23.5 Å². The highest BCUT2D eigenvalue weighted by Gasteiger charge is 2.18. The molecule has 37 heavy (non-hydrogen) atoms. The molecular weight excluding hydrogens is 464 g/mol. The molecule has 6 nitrogen and oxygen atoms in total. The predicted molar refractivity (Wildman–Crippen MR) is 146 cm³/mol. The monoisotopic (exact) mass is 498 g/mol. The number of amides is 1. The van der Waals surface area contributed by atoms with Crippen molar-refractivity contribution in [2.75, 3.05) is 6.54 Å². The topological polar surface area (TPSA) is 80.0 Å². The molecule has 0 bridgehead atoms. The van der Waals surface area contributed by atoms with Crippen LogP contribution in [-0.2, 0) is 4.79 Å². The SMILES string of the molecule is [C-]#[N+]c1cc(OC(CC(C)C)c2ccc(C(=O)NCCC(=O)O)cc2)ccc1-c1ccc(C(C)C)cc1. The summed E-state index contributed by atoms with van der Waals surface area (Å²) in [6, 6.07) is 21.1. The molecule has 3 aromatic carbocycles. The molecule has 3 aromatic rings. The maximum absolute atomic E-state index is 12.3. The van der Waals surface area contributed by atoms with Crippen LogP contribution < -0.4 is 10.1 Å². The normalized spacial score (nSPS) is 11.7. The Bertz CT molecular complexity index is 1260. The first-order valence-electron chi connectivity index (χ1n) is 12.6. The molecule has 3 rings (SSSR count). The zero-order valence-electron chi connectivity index (χ0n) is 21.8. The van der Waals surface area contributed by atoms with E-state index in [-0.39, 0.29) is 25.0 Å². The fourth-order valence-corrected chi connectivity index (χ4v) is 4.05. The Morgan fingerprint density at radius 1 is 0.946 bits per heavy atom. The summed E-state index contributed by atoms with van der Waals surface area (Å²) in [5.74, 6) is 0.164. The molecule has 0 heterocycles. The second-order valence-electron chi connectivity index (χ2n) is 9.83. The summed E-state index contributed by atoms with van der Waals surface area (Å²) in [5, 5.41) is 11.4. The number of carbonyl (C=O) groups is 2. The van der Waals surface area contributed by atoms with Crippen LogP contribution in [0, 0.1) is 12.5 Å². The average Bonchev–Trinajstić information content (AvgIpc) is 2.88. The molecule has 0 aliphatic carbocycles. The predicted octanol–water partition coefficient (Wildman–Crippen LogP) is 7.40. The van der Waals surface area contributed by atoms with Crippen molar-refractivity contribution in [1.82, 2.24) is 5.32 Å². The van der Waals surface area contributed by atoms with Gasteiger partial charge in [-0.1, -0.05) is 70.2 Å². The number of aliphatic carboxylic acids is 1. The molecule has 0 aromatic heterocycles. The largest absolute Gasteiger partial charge is 0.487 e. The maximum atomic E-state index is 12.3. The molecular formula is C31H34N2O4. The summed E-state index contributed by atoms with van der Waals surface area (Å²) in [4.78, 5) is 26.7. The first-order valence-corrected chi connectivity index (χ1v) is 12.6. The molecule has 1 unspecified atom stereocenters. The number of carbonyl (C=O) groups excluding carboxylic acids is 1. The van der Waals surface area contributed by atoms with E-state index in [1.165, 1.54) is 5.56 Å². The number of rotatable bonds is 11. The lowest BCUT2D eigenvalue weighted by atomic mass is 9.97. The van der Waals surface area contributed by atoms with E-state index < -0.39 is 5.97 Å². The van der Waals surface area contributed by atoms with Crippen LogP contribution in [0.1, 0.15) is 74.0 Å². The van der Waals surface area contributed by atoms with Crippen LogP contribution in [0.15, 0.2) is 66.7 Å². The summed E-state index contributed by atoms with van der Waals surface area (Å²) in [6.07, 6.45) is 0.387. The third-order valence-electron chi connectivity index (χ3n) is 6.11. The lowest BCUT2D eigenvalue weighted by Gasteiger charge is -2.22. The molecule has 0 aliphatic rings. The highest BCUT2D eigenvalue weighted by atomic mass is 16.5. The van der Waals surface area contributed by atoms with Gasteiger partial charge in [0.15, 0.2) is 5.69 Å². The van der Waals surface area contributed by atoms with Crippen LogP contribution in [0.4, 0.5) is 5.69 Å². The van der Waals surface area contributed by atoms with Gasteiger partial charge in [0.25, 0.3) is 5.91 Å². The highest BCUT2D eigenvalue weighted by molar-refractivity contribution is 5.94. The van der Waals surface area contributed by atoms with Gasteiger partial charge in [0.2, 0.25) is 0 Å². The van der Waals surface area contributed by atoms with E-state index in [9.17, 15) is 9.59 Å². The molecule has 1 atom stereocenters. The van der Waals surface area contributed by atoms with Crippen LogP contribution in [0.5, 0.6) is 5.75 Å². The van der Waals surface area contributed by atoms with Gasteiger partial charge in [0.1, 0.15) is 11.9 Å². The second kappa shape index (κ2) is 12.7. The smallest absolute Gasteiger partial charge is 0.305 e. The van der Waals surface area contributed by atoms with E-state index in [0.29, 0.717) is 28.8 Å². The molecule has 192 valence electrons. The van der Waals surface area contributed by atoms with Crippen molar-refractivity contribution in [2.24, 2.45) is 5.92 Å². The number of hydrogen-bond donors (Lipinski definition) is 2. The van der Waals surface area contributed by atoms with Crippen LogP contribution in [0.25, 0.3) is 16.0 Å². The molecule has 0 spiro atoms. The average molecular weight is 499 g/mol. The zero-order chi connectivity index (χ0) is 26.9. The van der Waals surface area contributed by atoms with E-state index in [4.69, 9.17) is 16.4 Å². The summed E-state index contributed by atoms with van der Waals surface area (Å²) >= 11 is 0. The Morgan fingerprint density at radius 2 is 1.59 bits per heavy atom. The Hall–Kier alpha value is -4.11. The lowest BCUT2D eigenvalue weighted by Crippen LogP contribution is -2.26. The number of hydrogen-bond acceptors (Lipinski definition) is 3. The van der Waals surface area contributed by atoms with Crippen molar-refractivity contribution in [2.45, 2.75) is 52.6 Å². The van der Waals surface area contributed by atoms with E-state index in [2.05, 4.69) is 62.1 Å². The number of nitrogens with zero attached hydrogens (tertiary/aromatic N) is 1. The van der Waals surface area contributed by atoms with Gasteiger partial charge in [0.05, 0.1) is 13.0 Å². The molecule has 0 saturated heterocycles. The highest BCUT2D eigenvalue weighted by Crippen LogP contribution is 2.36. The zero-order valence-corrected chi connectivity index (χ0v) is 21.8. The van der Waals surface area contributed by atoms with Gasteiger partial charge < -0.3 is 15.2 Å². The standard InChI is InChI=1S/C31H34N2O4/c1-20(2)18-29(24-10-12-25(13-11-24)31(36)33-17-16-30(34)35)37-26-14-15-27(28(19-26)32-5)23-8-6-22(7-9-23)21(3)4/h6-15,19-21,29H,16-18H2,1-4H3,(H,33,36)(H,34,35). The van der Waals surface area contributed by atoms with Crippen molar-refractivity contribution in [3.63, 3.8) is 0 Å². The van der Waals surface area contributed by atoms with Gasteiger partial charge >= 0.3 is 5.97 Å². The minimum absolute atomic E-state index is 0.0796. The minimum atomic E-state index is -0.956. The van der Waals surface area contributed by atoms with E-state index >= 15 is 0 Å². The van der Waals surface area contributed by atoms with E-state index in [1.807, 2.05) is 24.3 Å². The summed E-state index contributed by atoms with van der Waals surface area (Å²) in [6.45, 7) is 16.4. The minimum Gasteiger partial charge on any atom is -0.487 e. The molecule has 0 radical (unpaired) electrons. The number of ether oxygens (including phenoxy) is 1. The summed E-state index contributed by atoms with van der Waals surface area (Å²) < 4.78 is 6.38. The van der Waals surface area contributed by atoms with Gasteiger partial charge in [-0.2, -0.15) is 0 Å². The van der Waals surface area contributed by atoms with Gasteiger partial charge in [-0.15, -0.1) is 0 Å². The lowest BCUT2D eigenvalue weighted by molar-refractivity contribution is -0.136. The van der Waals surface area contributed by atoms with Crippen molar-refractivity contribution in [3.8, 4) is 16.9 Å². The van der Waals surface area contributed by atoms with Crippen LogP contribution in [0.3, 0.4) is 0 Å². The third kappa shape index (κ3) is 7.68. The van der Waals surface area contributed by atoms with Crippen molar-refractivity contribution in [1.29, 1.82) is 0 Å². The van der Waals surface area contributed by atoms with E-state index in [0.717, 1.165) is 23.1 Å². The summed E-state index contributed by atoms with van der Waals surface area (Å²) in [5.41, 5.74) is 5.04. The number of nitrogens with one attached hydrogen (secondary N) is 1. The maximum Gasteiger partial charge on any atom is 0.305 e. The third-order valence-corrected chi connectivity index (χ3v) is 6.11. The Balaban J connectivity index is 1.79. The number of carboxylic acid groups (broad SMARTS) is 1. The van der Waals surface area contributed by atoms with E-state index in [1.54, 1.807) is 18.2 Å². The first kappa shape index (κ1) is 27.5. The molecule has 0 saturated carbocycles. The van der Waals surface area contributed by atoms with Crippen LogP contribution in [0.2, 0.25) is 0 Å². The molecule has 0 aliphatic heterocycles. The van der Waals surface area contributed by atoms with Gasteiger partial charge in [-0.05, 0) is 64.8 Å². The van der Waals surface area contributed by atoms with Crippen LogP contribution >= 0.6 is 0 Å². The second-order valence-corrected chi connectivity index (χ2v) is 9.83. The van der Waals surface area contributed by atoms with Crippen molar-refractivity contribution in [3.05, 3.63) is 94.8 Å². The Morgan fingerprint density at radius 3 is 2.16 bits per heavy atom. The fourth-order valence-electron chi connectivity index (χ4n) is 4.05. The van der Waals surface area contributed by atoms with Crippen molar-refractivity contribution >= 4 is 17.6 Å². The fraction of sp³-hybridized carbons (Fsp3) is 0.323. The molecule has 1 amide bonds. The molecule has 6 heteroatoms. The van der Waals surface area contributed by atoms with Gasteiger partial charge in [-0.3, -0.25) is 9.59 Å². The van der Waals surface area contributed by atoms with Gasteiger partial charge in [-0.25, -0.2) is 4.85 Å². The molecule has 2 N–H and O–H groups in total. The van der Waals surface area contributed by atoms with Crippen molar-refractivity contribution < 1.29 is 19.4 Å². The Kier molecular flexibility index (Phi) is 9.45. The molecule has 0 fully saturated rings. The number of benzene rings is 3.